The predicted molar refractivity (Wildman–Crippen MR) is 48.7 cm³/mol. The van der Waals surface area contributed by atoms with Crippen molar-refractivity contribution in [2.24, 2.45) is 0 Å². The van der Waals surface area contributed by atoms with Gasteiger partial charge in [0.1, 0.15) is 0 Å². The molecule has 0 atom stereocenters. The SMILES string of the molecule is O=S(=O)([O-])C(F)(F)S(=O)(=O)[O-].O=S(=O)([O-])C(F)(F)S(=O)(=O)[O-].[Ce+4]. The monoisotopic (exact) mass is 560 g/mol. The molecule has 0 amide bonds. The van der Waals surface area contributed by atoms with Gasteiger partial charge in [-0.25, -0.2) is 33.7 Å². The molecule has 0 bridgehead atoms. The van der Waals surface area contributed by atoms with E-state index in [9.17, 15) is 69.4 Å². The summed E-state index contributed by atoms with van der Waals surface area (Å²) in [5.74, 6) is 0. The van der Waals surface area contributed by atoms with Gasteiger partial charge in [-0.1, -0.05) is 0 Å². The molecule has 0 aliphatic heterocycles. The van der Waals surface area contributed by atoms with Gasteiger partial charge in [-0.05, 0) is 0 Å². The van der Waals surface area contributed by atoms with Gasteiger partial charge in [-0.15, -0.1) is 0 Å². The number of hydrogen-bond donors (Lipinski definition) is 0. The van der Waals surface area contributed by atoms with Gasteiger partial charge in [0.05, 0.1) is 0 Å². The molecule has 0 heterocycles. The molecular weight excluding hydrogens is 560 g/mol. The smallest absolute Gasteiger partial charge is 0.743 e. The van der Waals surface area contributed by atoms with Gasteiger partial charge in [-0.2, -0.15) is 17.6 Å². The van der Waals surface area contributed by atoms with Crippen LogP contribution >= 0.6 is 0 Å². The Labute approximate surface area is 159 Å². The molecule has 0 aliphatic carbocycles. The molecule has 0 spiro atoms. The standard InChI is InChI=1S/2CH2F2O6S2.Ce/c2*2-1(3,10(4,5)6)11(7,8)9;/h2*(H,4,5,6)(H,7,8,9);/q;;+4/p-4. The van der Waals surface area contributed by atoms with Crippen molar-refractivity contribution in [3.8, 4) is 0 Å². The molecule has 136 valence electrons. The Morgan fingerprint density at radius 1 is 0.478 bits per heavy atom. The first-order valence-electron chi connectivity index (χ1n) is 3.57. The van der Waals surface area contributed by atoms with Gasteiger partial charge in [0.25, 0.3) is 0 Å². The average molecular weight is 560 g/mol. The Morgan fingerprint density at radius 3 is 0.565 bits per heavy atom. The molecule has 21 heteroatoms. The maximum atomic E-state index is 11.6. The summed E-state index contributed by atoms with van der Waals surface area (Å²) in [5, 5.41) is 0. The molecule has 23 heavy (non-hydrogen) atoms. The van der Waals surface area contributed by atoms with Crippen LogP contribution in [0.3, 0.4) is 0 Å². The van der Waals surface area contributed by atoms with Crippen molar-refractivity contribution in [3.05, 3.63) is 0 Å². The van der Waals surface area contributed by atoms with Crippen LogP contribution in [-0.4, -0.2) is 61.1 Å². The molecule has 0 radical (unpaired) electrons. The van der Waals surface area contributed by atoms with Crippen molar-refractivity contribution in [2.45, 2.75) is 9.17 Å². The van der Waals surface area contributed by atoms with Gasteiger partial charge in [0.2, 0.25) is 0 Å². The Bertz CT molecular complexity index is 679. The van der Waals surface area contributed by atoms with Crippen molar-refractivity contribution in [1.82, 2.24) is 0 Å². The second-order valence-corrected chi connectivity index (χ2v) is 8.94. The van der Waals surface area contributed by atoms with E-state index in [2.05, 4.69) is 0 Å². The van der Waals surface area contributed by atoms with Crippen LogP contribution < -0.4 is 0 Å². The maximum absolute atomic E-state index is 11.6. The summed E-state index contributed by atoms with van der Waals surface area (Å²) < 4.78 is 148. The molecule has 0 aromatic rings. The Kier molecular flexibility index (Phi) is 9.88. The van der Waals surface area contributed by atoms with Gasteiger partial charge in [0.15, 0.2) is 40.5 Å². The van der Waals surface area contributed by atoms with Crippen LogP contribution in [0.2, 0.25) is 0 Å². The molecule has 12 nitrogen and oxygen atoms in total. The fourth-order valence-corrected chi connectivity index (χ4v) is 2.25. The van der Waals surface area contributed by atoms with E-state index >= 15 is 0 Å². The topological polar surface area (TPSA) is 229 Å². The van der Waals surface area contributed by atoms with Gasteiger partial charge >= 0.3 is 50.9 Å². The molecular formula is C2CeF4O12S4. The van der Waals surface area contributed by atoms with Crippen LogP contribution in [0.1, 0.15) is 0 Å². The molecule has 0 fully saturated rings. The van der Waals surface area contributed by atoms with Crippen LogP contribution in [0.15, 0.2) is 0 Å². The summed E-state index contributed by atoms with van der Waals surface area (Å²) in [4.78, 5) is 0. The number of hydrogen-bond acceptors (Lipinski definition) is 12. The summed E-state index contributed by atoms with van der Waals surface area (Å²) in [6.45, 7) is 0. The molecule has 0 saturated heterocycles. The second kappa shape index (κ2) is 7.96. The van der Waals surface area contributed by atoms with Crippen molar-refractivity contribution >= 4 is 40.5 Å². The Balaban J connectivity index is -0.000000333. The van der Waals surface area contributed by atoms with Gasteiger partial charge in [0, 0.05) is 0 Å². The molecule has 0 saturated carbocycles. The number of alkyl halides is 4. The Morgan fingerprint density at radius 2 is 0.565 bits per heavy atom. The third-order valence-electron chi connectivity index (χ3n) is 1.16. The van der Waals surface area contributed by atoms with Gasteiger partial charge < -0.3 is 18.2 Å². The molecule has 0 N–H and O–H groups in total. The third-order valence-corrected chi connectivity index (χ3v) is 5.94. The molecule has 0 aromatic carbocycles. The van der Waals surface area contributed by atoms with Gasteiger partial charge in [-0.3, -0.25) is 0 Å². The van der Waals surface area contributed by atoms with Crippen molar-refractivity contribution in [2.75, 3.05) is 0 Å². The van der Waals surface area contributed by atoms with E-state index < -0.39 is 49.6 Å². The van der Waals surface area contributed by atoms with Crippen molar-refractivity contribution < 1.29 is 111 Å². The minimum absolute atomic E-state index is 0. The summed E-state index contributed by atoms with van der Waals surface area (Å²) >= 11 is 0. The number of halogens is 4. The summed E-state index contributed by atoms with van der Waals surface area (Å²) in [6, 6.07) is 0. The normalized spacial score (nSPS) is 14.3. The summed E-state index contributed by atoms with van der Waals surface area (Å²) in [7, 11) is -25.8. The molecule has 0 unspecified atom stereocenters. The first-order valence-corrected chi connectivity index (χ1v) is 9.21. The average Bonchev–Trinajstić information content (AvgIpc) is 2.10. The Hall–Kier alpha value is 0.737. The van der Waals surface area contributed by atoms with Crippen molar-refractivity contribution in [3.63, 3.8) is 0 Å². The van der Waals surface area contributed by atoms with E-state index in [1.54, 1.807) is 0 Å². The van der Waals surface area contributed by atoms with Crippen LogP contribution in [0.4, 0.5) is 17.6 Å². The zero-order chi connectivity index (χ0) is 19.0. The predicted octanol–water partition coefficient (Wildman–Crippen LogP) is -2.75. The molecule has 0 aliphatic rings. The summed E-state index contributed by atoms with van der Waals surface area (Å²) in [6.07, 6.45) is 0. The minimum Gasteiger partial charge on any atom is -0.743 e. The van der Waals surface area contributed by atoms with E-state index in [1.165, 1.54) is 0 Å². The first-order chi connectivity index (χ1) is 9.00. The van der Waals surface area contributed by atoms with E-state index in [4.69, 9.17) is 0 Å². The zero-order valence-electron chi connectivity index (χ0n) is 9.54. The quantitative estimate of drug-likeness (QED) is 0.252. The zero-order valence-corrected chi connectivity index (χ0v) is 15.9. The largest absolute Gasteiger partial charge is 4.00 e. The van der Waals surface area contributed by atoms with Crippen LogP contribution in [0.5, 0.6) is 0 Å². The third kappa shape index (κ3) is 7.24. The fourth-order valence-electron chi connectivity index (χ4n) is 0.250. The van der Waals surface area contributed by atoms with E-state index in [0.717, 1.165) is 0 Å². The van der Waals surface area contributed by atoms with E-state index in [1.807, 2.05) is 0 Å². The van der Waals surface area contributed by atoms with Crippen LogP contribution in [-0.2, 0) is 40.5 Å². The molecule has 0 aromatic heterocycles. The van der Waals surface area contributed by atoms with Crippen molar-refractivity contribution in [1.29, 1.82) is 0 Å². The van der Waals surface area contributed by atoms with E-state index in [-0.39, 0.29) is 41.7 Å². The maximum Gasteiger partial charge on any atom is 4.00 e. The summed E-state index contributed by atoms with van der Waals surface area (Å²) in [5.41, 5.74) is 0. The van der Waals surface area contributed by atoms with E-state index in [0.29, 0.717) is 0 Å². The second-order valence-electron chi connectivity index (χ2n) is 2.74. The fraction of sp³-hybridized carbons (Fsp3) is 1.00. The number of rotatable bonds is 4. The first kappa shape index (κ1) is 28.5. The minimum atomic E-state index is -6.44. The van der Waals surface area contributed by atoms with Crippen LogP contribution in [0, 0.1) is 41.7 Å². The molecule has 0 rings (SSSR count). The van der Waals surface area contributed by atoms with Crippen LogP contribution in [0.25, 0.3) is 0 Å².